The number of carbonyl (C=O) groups excluding carboxylic acids is 1. The molecule has 0 saturated carbocycles. The largest absolute Gasteiger partial charge is 0.497 e. The van der Waals surface area contributed by atoms with Crippen LogP contribution in [0.1, 0.15) is 10.4 Å². The van der Waals surface area contributed by atoms with Crippen molar-refractivity contribution in [2.24, 2.45) is 0 Å². The third-order valence-electron chi connectivity index (χ3n) is 4.04. The average Bonchev–Trinajstić information content (AvgIpc) is 2.69. The molecule has 0 unspecified atom stereocenters. The van der Waals surface area contributed by atoms with E-state index in [1.165, 1.54) is 14.2 Å². The second kappa shape index (κ2) is 8.37. The van der Waals surface area contributed by atoms with E-state index in [-0.39, 0.29) is 11.7 Å². The van der Waals surface area contributed by atoms with Crippen molar-refractivity contribution in [3.63, 3.8) is 0 Å². The molecule has 0 aliphatic heterocycles. The summed E-state index contributed by atoms with van der Waals surface area (Å²) in [5.74, 6) is 1.08. The molecule has 6 nitrogen and oxygen atoms in total. The molecule has 0 aliphatic carbocycles. The summed E-state index contributed by atoms with van der Waals surface area (Å²) in [7, 11) is 3.01. The smallest absolute Gasteiger partial charge is 0.260 e. The van der Waals surface area contributed by atoms with Gasteiger partial charge < -0.3 is 20.5 Å². The molecule has 1 amide bonds. The lowest BCUT2D eigenvalue weighted by Crippen LogP contribution is -2.14. The van der Waals surface area contributed by atoms with Crippen molar-refractivity contribution in [3.05, 3.63) is 64.1 Å². The van der Waals surface area contributed by atoms with Gasteiger partial charge in [-0.15, -0.1) is 0 Å². The van der Waals surface area contributed by atoms with Gasteiger partial charge in [0.1, 0.15) is 23.1 Å². The van der Waals surface area contributed by atoms with Crippen molar-refractivity contribution in [2.75, 3.05) is 25.3 Å². The van der Waals surface area contributed by atoms with E-state index >= 15 is 0 Å². The number of nitrogen functional groups attached to an aromatic ring is 1. The van der Waals surface area contributed by atoms with Gasteiger partial charge in [-0.3, -0.25) is 4.79 Å². The Labute approximate surface area is 172 Å². The van der Waals surface area contributed by atoms with Gasteiger partial charge >= 0.3 is 0 Å². The van der Waals surface area contributed by atoms with Crippen molar-refractivity contribution < 1.29 is 14.3 Å². The Bertz CT molecular complexity index is 1040. The number of hydrogen-bond donors (Lipinski definition) is 2. The first-order valence-electron chi connectivity index (χ1n) is 8.18. The minimum atomic E-state index is -0.389. The lowest BCUT2D eigenvalue weighted by Gasteiger charge is -2.12. The minimum Gasteiger partial charge on any atom is -0.497 e. The highest BCUT2D eigenvalue weighted by Gasteiger charge is 2.15. The molecule has 3 aromatic rings. The molecule has 0 fully saturated rings. The van der Waals surface area contributed by atoms with Crippen LogP contribution in [0.3, 0.4) is 0 Å². The average molecular weight is 418 g/mol. The third-order valence-corrected chi connectivity index (χ3v) is 4.60. The van der Waals surface area contributed by atoms with Gasteiger partial charge in [-0.2, -0.15) is 0 Å². The molecule has 3 N–H and O–H groups in total. The number of nitrogens with one attached hydrogen (secondary N) is 1. The molecular formula is C20H17Cl2N3O3. The zero-order chi connectivity index (χ0) is 20.3. The van der Waals surface area contributed by atoms with Gasteiger partial charge in [0.15, 0.2) is 0 Å². The number of nitrogens with zero attached hydrogens (tertiary/aromatic N) is 1. The van der Waals surface area contributed by atoms with Crippen molar-refractivity contribution >= 4 is 40.7 Å². The molecule has 144 valence electrons. The highest BCUT2D eigenvalue weighted by molar-refractivity contribution is 6.35. The number of amides is 1. The zero-order valence-electron chi connectivity index (χ0n) is 15.1. The van der Waals surface area contributed by atoms with E-state index in [9.17, 15) is 4.79 Å². The monoisotopic (exact) mass is 417 g/mol. The van der Waals surface area contributed by atoms with Crippen LogP contribution < -0.4 is 20.5 Å². The summed E-state index contributed by atoms with van der Waals surface area (Å²) >= 11 is 12.3. The molecule has 1 aromatic heterocycles. The maximum atomic E-state index is 12.6. The van der Waals surface area contributed by atoms with Gasteiger partial charge in [-0.1, -0.05) is 23.2 Å². The number of aromatic nitrogens is 1. The highest BCUT2D eigenvalue weighted by atomic mass is 35.5. The first-order chi connectivity index (χ1) is 13.4. The predicted molar refractivity (Wildman–Crippen MR) is 112 cm³/mol. The van der Waals surface area contributed by atoms with Gasteiger partial charge in [0.05, 0.1) is 19.8 Å². The zero-order valence-corrected chi connectivity index (χ0v) is 16.6. The number of hydrogen-bond acceptors (Lipinski definition) is 5. The Kier molecular flexibility index (Phi) is 5.92. The topological polar surface area (TPSA) is 86.5 Å². The van der Waals surface area contributed by atoms with Gasteiger partial charge in [0.25, 0.3) is 5.91 Å². The number of carbonyl (C=O) groups is 1. The number of ether oxygens (including phenoxy) is 2. The van der Waals surface area contributed by atoms with Crippen LogP contribution in [0.4, 0.5) is 11.6 Å². The number of methoxy groups -OCH3 is 2. The van der Waals surface area contributed by atoms with Crippen molar-refractivity contribution in [1.29, 1.82) is 0 Å². The molecule has 1 heterocycles. The maximum absolute atomic E-state index is 12.6. The quantitative estimate of drug-likeness (QED) is 0.615. The normalized spacial score (nSPS) is 10.4. The van der Waals surface area contributed by atoms with E-state index in [0.29, 0.717) is 44.1 Å². The summed E-state index contributed by atoms with van der Waals surface area (Å²) in [5.41, 5.74) is 7.69. The lowest BCUT2D eigenvalue weighted by molar-refractivity contribution is 0.102. The molecule has 0 radical (unpaired) electrons. The number of halogens is 2. The van der Waals surface area contributed by atoms with Crippen molar-refractivity contribution in [3.8, 4) is 22.6 Å². The van der Waals surface area contributed by atoms with E-state index in [1.54, 1.807) is 48.5 Å². The van der Waals surface area contributed by atoms with Crippen molar-refractivity contribution in [1.82, 2.24) is 4.98 Å². The summed E-state index contributed by atoms with van der Waals surface area (Å²) in [6.45, 7) is 0. The summed E-state index contributed by atoms with van der Waals surface area (Å²) in [4.78, 5) is 16.9. The Hall–Kier alpha value is -2.96. The maximum Gasteiger partial charge on any atom is 0.260 e. The van der Waals surface area contributed by atoms with E-state index in [4.69, 9.17) is 38.4 Å². The molecule has 3 rings (SSSR count). The third kappa shape index (κ3) is 4.13. The summed E-state index contributed by atoms with van der Waals surface area (Å²) in [5, 5.41) is 3.73. The highest BCUT2D eigenvalue weighted by Crippen LogP contribution is 2.34. The summed E-state index contributed by atoms with van der Waals surface area (Å²) in [6, 6.07) is 13.3. The molecule has 2 aromatic carbocycles. The summed E-state index contributed by atoms with van der Waals surface area (Å²) in [6.07, 6.45) is 0. The van der Waals surface area contributed by atoms with Gasteiger partial charge in [-0.05, 0) is 42.5 Å². The van der Waals surface area contributed by atoms with Crippen LogP contribution in [0.15, 0.2) is 48.5 Å². The molecule has 0 saturated heterocycles. The number of nitrogens with two attached hydrogens (primary N) is 1. The van der Waals surface area contributed by atoms with Crippen LogP contribution in [-0.2, 0) is 0 Å². The Morgan fingerprint density at radius 2 is 1.79 bits per heavy atom. The fourth-order valence-electron chi connectivity index (χ4n) is 2.65. The fraction of sp³-hybridized carbons (Fsp3) is 0.100. The standard InChI is InChI=1S/C20H17Cl2N3O3/c1-27-12-4-5-14(17(10-12)28-2)20(26)25-18-8-6-13(19(23)24-18)15-9-11(21)3-7-16(15)22/h3-10H,1-2H3,(H3,23,24,25,26). The Balaban J connectivity index is 1.87. The molecule has 0 atom stereocenters. The number of rotatable bonds is 5. The molecule has 0 spiro atoms. The van der Waals surface area contributed by atoms with Crippen LogP contribution >= 0.6 is 23.2 Å². The first-order valence-corrected chi connectivity index (χ1v) is 8.94. The van der Waals surface area contributed by atoms with E-state index < -0.39 is 0 Å². The Morgan fingerprint density at radius 1 is 1.00 bits per heavy atom. The second-order valence-corrected chi connectivity index (χ2v) is 6.62. The molecule has 0 bridgehead atoms. The summed E-state index contributed by atoms with van der Waals surface area (Å²) < 4.78 is 10.4. The SMILES string of the molecule is COc1ccc(C(=O)Nc2ccc(-c3cc(Cl)ccc3Cl)c(N)n2)c(OC)c1. The molecule has 8 heteroatoms. The van der Waals surface area contributed by atoms with Crippen LogP contribution in [0.25, 0.3) is 11.1 Å². The number of anilines is 2. The van der Waals surface area contributed by atoms with Crippen LogP contribution in [0.5, 0.6) is 11.5 Å². The van der Waals surface area contributed by atoms with Crippen LogP contribution in [0, 0.1) is 0 Å². The lowest BCUT2D eigenvalue weighted by atomic mass is 10.1. The van der Waals surface area contributed by atoms with E-state index in [2.05, 4.69) is 10.3 Å². The second-order valence-electron chi connectivity index (χ2n) is 5.77. The van der Waals surface area contributed by atoms with E-state index in [0.717, 1.165) is 0 Å². The molecular weight excluding hydrogens is 401 g/mol. The predicted octanol–water partition coefficient (Wildman–Crippen LogP) is 4.91. The minimum absolute atomic E-state index is 0.212. The molecule has 0 aliphatic rings. The van der Waals surface area contributed by atoms with Crippen LogP contribution in [0.2, 0.25) is 10.0 Å². The van der Waals surface area contributed by atoms with Gasteiger partial charge in [0.2, 0.25) is 0 Å². The van der Waals surface area contributed by atoms with Crippen molar-refractivity contribution in [2.45, 2.75) is 0 Å². The number of benzene rings is 2. The fourth-order valence-corrected chi connectivity index (χ4v) is 3.04. The van der Waals surface area contributed by atoms with E-state index in [1.807, 2.05) is 0 Å². The van der Waals surface area contributed by atoms with Crippen LogP contribution in [-0.4, -0.2) is 25.1 Å². The molecule has 28 heavy (non-hydrogen) atoms. The Morgan fingerprint density at radius 3 is 2.46 bits per heavy atom. The number of pyridine rings is 1. The van der Waals surface area contributed by atoms with Gasteiger partial charge in [0, 0.05) is 27.2 Å². The first kappa shape index (κ1) is 19.8. The van der Waals surface area contributed by atoms with Gasteiger partial charge in [-0.25, -0.2) is 4.98 Å².